The van der Waals surface area contributed by atoms with Crippen molar-refractivity contribution in [1.82, 2.24) is 10.1 Å². The Morgan fingerprint density at radius 1 is 1.28 bits per heavy atom. The molecule has 1 aromatic heterocycles. The van der Waals surface area contributed by atoms with Crippen LogP contribution < -0.4 is 4.74 Å². The van der Waals surface area contributed by atoms with Crippen molar-refractivity contribution in [3.63, 3.8) is 0 Å². The zero-order valence-electron chi connectivity index (χ0n) is 16.0. The fraction of sp³-hybridized carbons (Fsp3) is 0.500. The second kappa shape index (κ2) is 7.72. The average molecular weight is 344 g/mol. The summed E-state index contributed by atoms with van der Waals surface area (Å²) in [6.45, 7) is 10.7. The molecule has 0 atom stereocenters. The van der Waals surface area contributed by atoms with Crippen molar-refractivity contribution >= 4 is 5.91 Å². The maximum atomic E-state index is 12.6. The molecule has 5 nitrogen and oxygen atoms in total. The average Bonchev–Trinajstić information content (AvgIpc) is 2.99. The number of amides is 1. The molecular weight excluding hydrogens is 316 g/mol. The smallest absolute Gasteiger partial charge is 0.223 e. The first-order valence-electron chi connectivity index (χ1n) is 8.59. The third kappa shape index (κ3) is 5.34. The van der Waals surface area contributed by atoms with Crippen LogP contribution in [-0.4, -0.2) is 29.1 Å². The predicted octanol–water partition coefficient (Wildman–Crippen LogP) is 4.52. The van der Waals surface area contributed by atoms with E-state index in [4.69, 9.17) is 9.26 Å². The first kappa shape index (κ1) is 19.0. The molecule has 0 spiro atoms. The number of benzene rings is 1. The molecule has 0 saturated carbocycles. The Kier molecular flexibility index (Phi) is 5.88. The van der Waals surface area contributed by atoms with Gasteiger partial charge in [0, 0.05) is 24.1 Å². The van der Waals surface area contributed by atoms with Crippen LogP contribution in [0, 0.1) is 5.41 Å². The highest BCUT2D eigenvalue weighted by atomic mass is 16.5. The minimum Gasteiger partial charge on any atom is -0.497 e. The third-order valence-corrected chi connectivity index (χ3v) is 3.87. The van der Waals surface area contributed by atoms with Crippen molar-refractivity contribution in [1.29, 1.82) is 0 Å². The number of carbonyl (C=O) groups excluding carboxylic acids is 1. The number of nitrogens with zero attached hydrogens (tertiary/aromatic N) is 2. The molecule has 0 saturated heterocycles. The molecule has 25 heavy (non-hydrogen) atoms. The number of aromatic nitrogens is 1. The molecule has 0 N–H and O–H groups in total. The maximum Gasteiger partial charge on any atom is 0.223 e. The van der Waals surface area contributed by atoms with E-state index in [0.29, 0.717) is 18.7 Å². The van der Waals surface area contributed by atoms with Crippen LogP contribution >= 0.6 is 0 Å². The Labute approximate surface area is 150 Å². The lowest BCUT2D eigenvalue weighted by Crippen LogP contribution is -2.38. The van der Waals surface area contributed by atoms with Crippen LogP contribution in [0.1, 0.15) is 46.7 Å². The second-order valence-electron chi connectivity index (χ2n) is 7.77. The summed E-state index contributed by atoms with van der Waals surface area (Å²) >= 11 is 0. The molecule has 136 valence electrons. The van der Waals surface area contributed by atoms with Gasteiger partial charge in [0.2, 0.25) is 5.91 Å². The van der Waals surface area contributed by atoms with Crippen LogP contribution in [0.2, 0.25) is 0 Å². The van der Waals surface area contributed by atoms with E-state index >= 15 is 0 Å². The molecule has 5 heteroatoms. The zero-order valence-corrected chi connectivity index (χ0v) is 16.0. The third-order valence-electron chi connectivity index (χ3n) is 3.87. The number of hydrogen-bond donors (Lipinski definition) is 0. The zero-order chi connectivity index (χ0) is 18.6. The fourth-order valence-corrected chi connectivity index (χ4v) is 2.59. The lowest BCUT2D eigenvalue weighted by Gasteiger charge is -2.29. The van der Waals surface area contributed by atoms with Crippen LogP contribution in [0.3, 0.4) is 0 Å². The topological polar surface area (TPSA) is 55.6 Å². The quantitative estimate of drug-likeness (QED) is 0.773. The molecule has 0 fully saturated rings. The monoisotopic (exact) mass is 344 g/mol. The standard InChI is InChI=1S/C20H28N2O3/c1-14(2)22(19(23)12-20(3,4)5)13-16-11-18(25-21-16)15-8-7-9-17(10-15)24-6/h7-11,14H,12-13H2,1-6H3. The molecule has 0 aliphatic rings. The molecular formula is C20H28N2O3. The van der Waals surface area contributed by atoms with Gasteiger partial charge in [-0.1, -0.05) is 38.1 Å². The van der Waals surface area contributed by atoms with Crippen LogP contribution in [-0.2, 0) is 11.3 Å². The molecule has 0 bridgehead atoms. The molecule has 0 unspecified atom stereocenters. The van der Waals surface area contributed by atoms with Gasteiger partial charge in [-0.25, -0.2) is 0 Å². The molecule has 1 amide bonds. The molecule has 1 aromatic carbocycles. The molecule has 0 radical (unpaired) electrons. The molecule has 2 aromatic rings. The Morgan fingerprint density at radius 3 is 2.60 bits per heavy atom. The van der Waals surface area contributed by atoms with E-state index in [1.54, 1.807) is 7.11 Å². The van der Waals surface area contributed by atoms with Crippen molar-refractivity contribution in [2.75, 3.05) is 7.11 Å². The summed E-state index contributed by atoms with van der Waals surface area (Å²) in [4.78, 5) is 14.5. The molecule has 0 aliphatic carbocycles. The lowest BCUT2D eigenvalue weighted by molar-refractivity contribution is -0.135. The van der Waals surface area contributed by atoms with Gasteiger partial charge in [-0.2, -0.15) is 0 Å². The number of ether oxygens (including phenoxy) is 1. The van der Waals surface area contributed by atoms with Crippen molar-refractivity contribution in [3.8, 4) is 17.1 Å². The molecule has 1 heterocycles. The predicted molar refractivity (Wildman–Crippen MR) is 98.2 cm³/mol. The summed E-state index contributed by atoms with van der Waals surface area (Å²) in [5, 5.41) is 4.14. The minimum atomic E-state index is -0.0419. The molecule has 2 rings (SSSR count). The number of carbonyl (C=O) groups is 1. The van der Waals surface area contributed by atoms with Crippen LogP contribution in [0.5, 0.6) is 5.75 Å². The highest BCUT2D eigenvalue weighted by Gasteiger charge is 2.24. The van der Waals surface area contributed by atoms with Gasteiger partial charge in [0.15, 0.2) is 5.76 Å². The number of hydrogen-bond acceptors (Lipinski definition) is 4. The first-order valence-corrected chi connectivity index (χ1v) is 8.59. The number of methoxy groups -OCH3 is 1. The lowest BCUT2D eigenvalue weighted by atomic mass is 9.91. The van der Waals surface area contributed by atoms with E-state index in [1.807, 2.05) is 49.1 Å². The summed E-state index contributed by atoms with van der Waals surface area (Å²) in [5.74, 6) is 1.56. The Bertz CT molecular complexity index is 714. The van der Waals surface area contributed by atoms with Crippen LogP contribution in [0.4, 0.5) is 0 Å². The summed E-state index contributed by atoms with van der Waals surface area (Å²) in [7, 11) is 1.63. The van der Waals surface area contributed by atoms with Crippen molar-refractivity contribution in [3.05, 3.63) is 36.0 Å². The van der Waals surface area contributed by atoms with Gasteiger partial charge in [-0.3, -0.25) is 4.79 Å². The SMILES string of the molecule is COc1cccc(-c2cc(CN(C(=O)CC(C)(C)C)C(C)C)no2)c1. The Hall–Kier alpha value is -2.30. The first-order chi connectivity index (χ1) is 11.7. The van der Waals surface area contributed by atoms with Gasteiger partial charge < -0.3 is 14.2 Å². The summed E-state index contributed by atoms with van der Waals surface area (Å²) in [6, 6.07) is 9.62. The summed E-state index contributed by atoms with van der Waals surface area (Å²) < 4.78 is 10.7. The Morgan fingerprint density at radius 2 is 2.00 bits per heavy atom. The molecule has 0 aliphatic heterocycles. The second-order valence-corrected chi connectivity index (χ2v) is 7.77. The van der Waals surface area contributed by atoms with E-state index in [-0.39, 0.29) is 17.4 Å². The van der Waals surface area contributed by atoms with Gasteiger partial charge in [0.1, 0.15) is 11.4 Å². The fourth-order valence-electron chi connectivity index (χ4n) is 2.59. The van der Waals surface area contributed by atoms with Gasteiger partial charge in [0.25, 0.3) is 0 Å². The largest absolute Gasteiger partial charge is 0.497 e. The van der Waals surface area contributed by atoms with Crippen molar-refractivity contribution in [2.24, 2.45) is 5.41 Å². The van der Waals surface area contributed by atoms with Crippen LogP contribution in [0.15, 0.2) is 34.9 Å². The van der Waals surface area contributed by atoms with Gasteiger partial charge >= 0.3 is 0 Å². The normalized spacial score (nSPS) is 11.6. The summed E-state index contributed by atoms with van der Waals surface area (Å²) in [5.41, 5.74) is 1.60. The maximum absolute atomic E-state index is 12.6. The van der Waals surface area contributed by atoms with E-state index in [0.717, 1.165) is 17.0 Å². The number of rotatable bonds is 6. The van der Waals surface area contributed by atoms with E-state index < -0.39 is 0 Å². The van der Waals surface area contributed by atoms with Crippen LogP contribution in [0.25, 0.3) is 11.3 Å². The Balaban J connectivity index is 2.16. The van der Waals surface area contributed by atoms with Gasteiger partial charge in [-0.05, 0) is 31.4 Å². The minimum absolute atomic E-state index is 0.0419. The van der Waals surface area contributed by atoms with E-state index in [9.17, 15) is 4.79 Å². The van der Waals surface area contributed by atoms with Gasteiger partial charge in [-0.15, -0.1) is 0 Å². The van der Waals surface area contributed by atoms with Crippen molar-refractivity contribution in [2.45, 2.75) is 53.6 Å². The summed E-state index contributed by atoms with van der Waals surface area (Å²) in [6.07, 6.45) is 0.506. The van der Waals surface area contributed by atoms with E-state index in [2.05, 4.69) is 25.9 Å². The highest BCUT2D eigenvalue weighted by Crippen LogP contribution is 2.26. The van der Waals surface area contributed by atoms with Crippen molar-refractivity contribution < 1.29 is 14.1 Å². The van der Waals surface area contributed by atoms with Gasteiger partial charge in [0.05, 0.1) is 13.7 Å². The highest BCUT2D eigenvalue weighted by molar-refractivity contribution is 5.77. The van der Waals surface area contributed by atoms with E-state index in [1.165, 1.54) is 0 Å².